The van der Waals surface area contributed by atoms with Gasteiger partial charge in [-0.2, -0.15) is 0 Å². The maximum absolute atomic E-state index is 2.63. The van der Waals surface area contributed by atoms with Crippen molar-refractivity contribution in [2.75, 3.05) is 14.7 Å². The highest BCUT2D eigenvalue weighted by atomic mass is 28.3. The van der Waals surface area contributed by atoms with Gasteiger partial charge in [0.25, 0.3) is 0 Å². The average molecular weight is 844 g/mol. The zero-order chi connectivity index (χ0) is 43.3. The van der Waals surface area contributed by atoms with E-state index in [9.17, 15) is 0 Å². The van der Waals surface area contributed by atoms with Crippen LogP contribution in [0.25, 0.3) is 34.1 Å². The van der Waals surface area contributed by atoms with E-state index in [0.717, 1.165) is 6.42 Å². The van der Waals surface area contributed by atoms with Gasteiger partial charge < -0.3 is 14.7 Å². The SMILES string of the molecule is CC1C=CC=C(N2c3ccccc3N(c3ccc4c(c3)C(C)(C)c3cc(C=Cc5cccc6c(N7c8ccccc8[Si](C)(C)C8C=CC=CC87)cccc56)ccc3-4)c3ccccc32)C1. The van der Waals surface area contributed by atoms with Crippen LogP contribution in [-0.4, -0.2) is 14.1 Å². The molecule has 3 atom stereocenters. The summed E-state index contributed by atoms with van der Waals surface area (Å²) in [6.45, 7) is 12.2. The van der Waals surface area contributed by atoms with Gasteiger partial charge in [-0.05, 0) is 111 Å². The normalized spacial score (nSPS) is 20.7. The van der Waals surface area contributed by atoms with Gasteiger partial charge in [0.1, 0.15) is 0 Å². The summed E-state index contributed by atoms with van der Waals surface area (Å²) in [5.41, 5.74) is 18.1. The molecule has 3 unspecified atom stereocenters. The molecule has 4 heteroatoms. The van der Waals surface area contributed by atoms with Crippen LogP contribution in [0.3, 0.4) is 0 Å². The van der Waals surface area contributed by atoms with Crippen LogP contribution in [0, 0.1) is 5.92 Å². The highest BCUT2D eigenvalue weighted by Crippen LogP contribution is 2.56. The second kappa shape index (κ2) is 14.6. The first-order valence-corrected chi connectivity index (χ1v) is 26.1. The Labute approximate surface area is 379 Å². The monoisotopic (exact) mass is 843 g/mol. The van der Waals surface area contributed by atoms with Crippen LogP contribution in [0.5, 0.6) is 0 Å². The Kier molecular flexibility index (Phi) is 8.83. The van der Waals surface area contributed by atoms with E-state index in [1.165, 1.54) is 94.8 Å². The molecule has 0 spiro atoms. The van der Waals surface area contributed by atoms with Gasteiger partial charge in [0.2, 0.25) is 0 Å². The second-order valence-corrected chi connectivity index (χ2v) is 24.1. The van der Waals surface area contributed by atoms with Crippen LogP contribution >= 0.6 is 0 Å². The largest absolute Gasteiger partial charge is 0.334 e. The number of anilines is 7. The van der Waals surface area contributed by atoms with Gasteiger partial charge in [0, 0.05) is 39.1 Å². The van der Waals surface area contributed by atoms with E-state index in [1.54, 1.807) is 0 Å². The Morgan fingerprint density at radius 1 is 0.562 bits per heavy atom. The molecule has 0 bridgehead atoms. The number of allylic oxidation sites excluding steroid dienone is 6. The number of hydrogen-bond acceptors (Lipinski definition) is 3. The van der Waals surface area contributed by atoms with Gasteiger partial charge in [-0.3, -0.25) is 0 Å². The predicted octanol–water partition coefficient (Wildman–Crippen LogP) is 15.6. The first kappa shape index (κ1) is 38.8. The molecule has 2 aliphatic heterocycles. The van der Waals surface area contributed by atoms with Crippen molar-refractivity contribution in [2.45, 2.75) is 57.3 Å². The Balaban J connectivity index is 0.884. The molecule has 3 aliphatic carbocycles. The fraction of sp³-hybridized carbons (Fsp3) is 0.167. The molecule has 7 aromatic rings. The van der Waals surface area contributed by atoms with E-state index in [2.05, 4.69) is 249 Å². The first-order valence-electron chi connectivity index (χ1n) is 23.1. The highest BCUT2D eigenvalue weighted by molar-refractivity contribution is 6.93. The molecule has 0 amide bonds. The third kappa shape index (κ3) is 5.85. The quantitative estimate of drug-likeness (QED) is 0.126. The molecule has 5 aliphatic rings. The molecular formula is C60H53N3Si. The smallest absolute Gasteiger partial charge is 0.0926 e. The topological polar surface area (TPSA) is 9.72 Å². The number of rotatable bonds is 5. The van der Waals surface area contributed by atoms with Gasteiger partial charge in [-0.15, -0.1) is 0 Å². The number of para-hydroxylation sites is 5. The molecule has 312 valence electrons. The van der Waals surface area contributed by atoms with Crippen molar-refractivity contribution < 1.29 is 0 Å². The van der Waals surface area contributed by atoms with E-state index < -0.39 is 8.07 Å². The van der Waals surface area contributed by atoms with Crippen molar-refractivity contribution in [1.29, 1.82) is 0 Å². The molecule has 0 saturated heterocycles. The zero-order valence-electron chi connectivity index (χ0n) is 37.3. The van der Waals surface area contributed by atoms with Crippen molar-refractivity contribution in [3.63, 3.8) is 0 Å². The van der Waals surface area contributed by atoms with Crippen molar-refractivity contribution in [1.82, 2.24) is 0 Å². The molecule has 0 fully saturated rings. The minimum atomic E-state index is -1.76. The summed E-state index contributed by atoms with van der Waals surface area (Å²) < 4.78 is 0. The lowest BCUT2D eigenvalue weighted by Gasteiger charge is -2.50. The van der Waals surface area contributed by atoms with Crippen LogP contribution in [0.15, 0.2) is 194 Å². The fourth-order valence-electron chi connectivity index (χ4n) is 11.7. The summed E-state index contributed by atoms with van der Waals surface area (Å²) >= 11 is 0. The lowest BCUT2D eigenvalue weighted by Crippen LogP contribution is -2.59. The Morgan fingerprint density at radius 2 is 1.19 bits per heavy atom. The maximum atomic E-state index is 2.63. The third-order valence-electron chi connectivity index (χ3n) is 15.0. The van der Waals surface area contributed by atoms with E-state index in [4.69, 9.17) is 0 Å². The van der Waals surface area contributed by atoms with Crippen LogP contribution in [0.1, 0.15) is 49.4 Å². The number of benzene rings is 7. The lowest BCUT2D eigenvalue weighted by molar-refractivity contribution is 0.660. The van der Waals surface area contributed by atoms with Gasteiger partial charge in [-0.1, -0.05) is 180 Å². The zero-order valence-corrected chi connectivity index (χ0v) is 38.3. The average Bonchev–Trinajstić information content (AvgIpc) is 3.54. The minimum Gasteiger partial charge on any atom is -0.334 e. The predicted molar refractivity (Wildman–Crippen MR) is 276 cm³/mol. The van der Waals surface area contributed by atoms with Crippen LogP contribution < -0.4 is 19.9 Å². The summed E-state index contributed by atoms with van der Waals surface area (Å²) in [5, 5.41) is 4.10. The Bertz CT molecular complexity index is 3170. The van der Waals surface area contributed by atoms with E-state index in [0.29, 0.717) is 17.5 Å². The van der Waals surface area contributed by atoms with E-state index >= 15 is 0 Å². The Hall–Kier alpha value is -6.88. The summed E-state index contributed by atoms with van der Waals surface area (Å²) in [6, 6.07) is 55.2. The maximum Gasteiger partial charge on any atom is 0.0926 e. The molecule has 0 saturated carbocycles. The molecule has 12 rings (SSSR count). The molecule has 2 heterocycles. The van der Waals surface area contributed by atoms with Crippen molar-refractivity contribution in [3.05, 3.63) is 216 Å². The molecule has 64 heavy (non-hydrogen) atoms. The highest BCUT2D eigenvalue weighted by Gasteiger charge is 2.46. The molecule has 0 N–H and O–H groups in total. The lowest BCUT2D eigenvalue weighted by atomic mass is 9.81. The standard InChI is InChI=1S/C60H53N3Si/c1-40-17-14-19-43(37-40)61-52-22-6-8-24-54(52)62(55-25-9-7-23-53(55)61)44-34-36-47-46-35-32-41(38-49(46)60(2,3)50(47)39-44)31-33-42-18-15-21-48-45(42)20-16-28-51(48)63-56-26-10-12-29-58(56)64(4,5)59-30-13-11-27-57(59)63/h6-36,38-40,56,58H,37H2,1-5H3. The van der Waals surface area contributed by atoms with Crippen LogP contribution in [0.2, 0.25) is 18.6 Å². The van der Waals surface area contributed by atoms with Crippen LogP contribution in [0.4, 0.5) is 39.8 Å². The van der Waals surface area contributed by atoms with Gasteiger partial charge >= 0.3 is 0 Å². The number of hydrogen-bond donors (Lipinski definition) is 0. The van der Waals surface area contributed by atoms with Gasteiger partial charge in [0.15, 0.2) is 0 Å². The van der Waals surface area contributed by atoms with Gasteiger partial charge in [0.05, 0.1) is 36.9 Å². The number of nitrogens with zero attached hydrogens (tertiary/aromatic N) is 3. The van der Waals surface area contributed by atoms with Crippen molar-refractivity contribution in [3.8, 4) is 11.1 Å². The van der Waals surface area contributed by atoms with Crippen molar-refractivity contribution in [2.24, 2.45) is 5.92 Å². The van der Waals surface area contributed by atoms with Crippen LogP contribution in [-0.2, 0) is 5.41 Å². The Morgan fingerprint density at radius 3 is 1.94 bits per heavy atom. The summed E-state index contributed by atoms with van der Waals surface area (Å²) in [4.78, 5) is 7.59. The fourth-order valence-corrected chi connectivity index (χ4v) is 15.2. The van der Waals surface area contributed by atoms with Gasteiger partial charge in [-0.25, -0.2) is 0 Å². The van der Waals surface area contributed by atoms with E-state index in [-0.39, 0.29) is 5.41 Å². The minimum absolute atomic E-state index is 0.183. The molecule has 0 radical (unpaired) electrons. The molecular weight excluding hydrogens is 791 g/mol. The second-order valence-electron chi connectivity index (χ2n) is 19.5. The molecule has 3 nitrogen and oxygen atoms in total. The molecule has 0 aromatic heterocycles. The first-order chi connectivity index (χ1) is 31.2. The third-order valence-corrected chi connectivity index (χ3v) is 19.0. The summed E-state index contributed by atoms with van der Waals surface area (Å²) in [7, 11) is -1.76. The molecule has 7 aromatic carbocycles. The summed E-state index contributed by atoms with van der Waals surface area (Å²) in [6.07, 6.45) is 21.9. The van der Waals surface area contributed by atoms with E-state index in [1.807, 2.05) is 0 Å². The van der Waals surface area contributed by atoms with Crippen molar-refractivity contribution >= 4 is 76.0 Å². The summed E-state index contributed by atoms with van der Waals surface area (Å²) in [5.74, 6) is 0.499. The number of fused-ring (bicyclic) bond motifs is 8.